The van der Waals surface area contributed by atoms with E-state index in [1.807, 2.05) is 0 Å². The molecule has 2 rings (SSSR count). The van der Waals surface area contributed by atoms with E-state index in [-0.39, 0.29) is 18.5 Å². The Morgan fingerprint density at radius 1 is 1.19 bits per heavy atom. The molecule has 146 valence electrons. The molecule has 0 bridgehead atoms. The zero-order valence-electron chi connectivity index (χ0n) is 16.3. The number of unbranched alkanes of at least 4 members (excludes halogenated alkanes) is 1. The molecule has 0 aliphatic rings. The smallest absolute Gasteiger partial charge is 0.280 e. The maximum Gasteiger partial charge on any atom is 0.280 e. The van der Waals surface area contributed by atoms with Crippen LogP contribution in [0.4, 0.5) is 5.00 Å². The Bertz CT molecular complexity index is 753. The second-order valence-corrected chi connectivity index (χ2v) is 8.05. The fraction of sp³-hybridized carbons (Fsp3) is 0.429. The predicted molar refractivity (Wildman–Crippen MR) is 111 cm³/mol. The molecule has 0 aliphatic heterocycles. The van der Waals surface area contributed by atoms with Crippen LogP contribution in [0, 0.1) is 5.92 Å². The van der Waals surface area contributed by atoms with Crippen LogP contribution in [-0.4, -0.2) is 18.4 Å². The number of benzene rings is 1. The van der Waals surface area contributed by atoms with Crippen molar-refractivity contribution in [3.05, 3.63) is 52.4 Å². The van der Waals surface area contributed by atoms with E-state index in [4.69, 9.17) is 5.73 Å². The zero-order chi connectivity index (χ0) is 19.8. The molecule has 5 nitrogen and oxygen atoms in total. The van der Waals surface area contributed by atoms with E-state index in [1.165, 1.54) is 35.3 Å². The van der Waals surface area contributed by atoms with Gasteiger partial charge in [0.15, 0.2) is 6.54 Å². The molecule has 0 saturated carbocycles. The largest absolute Gasteiger partial charge is 0.366 e. The molecule has 5 N–H and O–H groups in total. The fourth-order valence-corrected chi connectivity index (χ4v) is 3.90. The first kappa shape index (κ1) is 21.1. The van der Waals surface area contributed by atoms with Crippen molar-refractivity contribution in [2.75, 3.05) is 11.9 Å². The van der Waals surface area contributed by atoms with Gasteiger partial charge in [-0.05, 0) is 29.9 Å². The zero-order valence-corrected chi connectivity index (χ0v) is 17.1. The van der Waals surface area contributed by atoms with Crippen LogP contribution in [0.3, 0.4) is 0 Å². The van der Waals surface area contributed by atoms with E-state index in [0.29, 0.717) is 16.5 Å². The van der Waals surface area contributed by atoms with E-state index >= 15 is 0 Å². The number of aryl methyl sites for hydroxylation is 1. The molecule has 1 atom stereocenters. The molecule has 6 heteroatoms. The van der Waals surface area contributed by atoms with Gasteiger partial charge in [0, 0.05) is 11.5 Å². The number of quaternary nitrogens is 1. The van der Waals surface area contributed by atoms with Gasteiger partial charge in [-0.25, -0.2) is 0 Å². The first-order valence-corrected chi connectivity index (χ1v) is 10.4. The summed E-state index contributed by atoms with van der Waals surface area (Å²) in [4.78, 5) is 23.7. The molecule has 2 aromatic rings. The highest BCUT2D eigenvalue weighted by Gasteiger charge is 2.21. The third kappa shape index (κ3) is 6.19. The van der Waals surface area contributed by atoms with Gasteiger partial charge >= 0.3 is 0 Å². The maximum absolute atomic E-state index is 12.3. The standard InChI is InChI=1S/C21H29N3O2S/c1-4-5-6-15-7-9-16(10-8-15)19(14(2)3)23-13-18(25)24-21-17(20(22)26)11-12-27-21/h7-12,14,19,23H,4-6,13H2,1-3H3,(H2,22,26)(H,24,25)/p+1/t19-/m0/s1. The number of carbonyl (C=O) groups is 2. The lowest BCUT2D eigenvalue weighted by atomic mass is 9.94. The Hall–Kier alpha value is -2.18. The summed E-state index contributed by atoms with van der Waals surface area (Å²) < 4.78 is 0. The lowest BCUT2D eigenvalue weighted by Gasteiger charge is -2.20. The molecule has 0 unspecified atom stereocenters. The molecule has 0 fully saturated rings. The minimum Gasteiger partial charge on any atom is -0.366 e. The molecule has 0 radical (unpaired) electrons. The Kier molecular flexibility index (Phi) is 8.00. The summed E-state index contributed by atoms with van der Waals surface area (Å²) in [5.41, 5.74) is 8.27. The van der Waals surface area contributed by atoms with Crippen molar-refractivity contribution in [2.24, 2.45) is 11.7 Å². The van der Waals surface area contributed by atoms with Crippen molar-refractivity contribution < 1.29 is 14.9 Å². The van der Waals surface area contributed by atoms with Crippen LogP contribution in [0.2, 0.25) is 0 Å². The number of rotatable bonds is 10. The molecule has 1 aromatic heterocycles. The Morgan fingerprint density at radius 2 is 1.89 bits per heavy atom. The van der Waals surface area contributed by atoms with Gasteiger partial charge < -0.3 is 16.4 Å². The number of anilines is 1. The van der Waals surface area contributed by atoms with E-state index in [9.17, 15) is 9.59 Å². The molecule has 0 aliphatic carbocycles. The second-order valence-electron chi connectivity index (χ2n) is 7.13. The van der Waals surface area contributed by atoms with Crippen LogP contribution in [-0.2, 0) is 11.2 Å². The highest BCUT2D eigenvalue weighted by atomic mass is 32.1. The van der Waals surface area contributed by atoms with Gasteiger partial charge in [0.25, 0.3) is 11.8 Å². The van der Waals surface area contributed by atoms with E-state index < -0.39 is 5.91 Å². The molecule has 0 saturated heterocycles. The molecule has 1 aromatic carbocycles. The van der Waals surface area contributed by atoms with Crippen LogP contribution >= 0.6 is 11.3 Å². The van der Waals surface area contributed by atoms with Gasteiger partial charge in [0.2, 0.25) is 0 Å². The molecule has 2 amide bonds. The first-order chi connectivity index (χ1) is 12.9. The van der Waals surface area contributed by atoms with E-state index in [2.05, 4.69) is 55.7 Å². The highest BCUT2D eigenvalue weighted by Crippen LogP contribution is 2.22. The van der Waals surface area contributed by atoms with E-state index in [0.717, 1.165) is 6.42 Å². The van der Waals surface area contributed by atoms with Gasteiger partial charge in [-0.2, -0.15) is 0 Å². The summed E-state index contributed by atoms with van der Waals surface area (Å²) in [6.45, 7) is 6.81. The number of nitrogens with two attached hydrogens (primary N) is 2. The van der Waals surface area contributed by atoms with Crippen molar-refractivity contribution in [3.8, 4) is 0 Å². The number of primary amides is 1. The average molecular weight is 389 g/mol. The summed E-state index contributed by atoms with van der Waals surface area (Å²) >= 11 is 1.30. The maximum atomic E-state index is 12.3. The summed E-state index contributed by atoms with van der Waals surface area (Å²) in [5, 5.41) is 7.11. The lowest BCUT2D eigenvalue weighted by molar-refractivity contribution is -0.692. The number of hydrogen-bond donors (Lipinski definition) is 3. The summed E-state index contributed by atoms with van der Waals surface area (Å²) in [5.74, 6) is -0.272. The number of carbonyl (C=O) groups excluding carboxylic acids is 2. The van der Waals surface area contributed by atoms with Crippen molar-refractivity contribution in [3.63, 3.8) is 0 Å². The van der Waals surface area contributed by atoms with Gasteiger partial charge in [-0.15, -0.1) is 11.3 Å². The van der Waals surface area contributed by atoms with Crippen molar-refractivity contribution in [1.29, 1.82) is 0 Å². The molecular formula is C21H30N3O2S+. The van der Waals surface area contributed by atoms with Gasteiger partial charge in [0.05, 0.1) is 5.56 Å². The third-order valence-corrected chi connectivity index (χ3v) is 5.47. The number of nitrogens with one attached hydrogen (secondary N) is 1. The highest BCUT2D eigenvalue weighted by molar-refractivity contribution is 7.14. The number of thiophene rings is 1. The van der Waals surface area contributed by atoms with Crippen LogP contribution in [0.25, 0.3) is 0 Å². The normalized spacial score (nSPS) is 12.1. The van der Waals surface area contributed by atoms with Gasteiger partial charge in [0.1, 0.15) is 11.0 Å². The lowest BCUT2D eigenvalue weighted by Crippen LogP contribution is -2.88. The van der Waals surface area contributed by atoms with Crippen molar-refractivity contribution in [1.82, 2.24) is 0 Å². The van der Waals surface area contributed by atoms with Crippen LogP contribution < -0.4 is 16.4 Å². The minimum atomic E-state index is -0.529. The third-order valence-electron chi connectivity index (χ3n) is 4.64. The molecule has 1 heterocycles. The quantitative estimate of drug-likeness (QED) is 0.584. The predicted octanol–water partition coefficient (Wildman–Crippen LogP) is 3.09. The summed E-state index contributed by atoms with van der Waals surface area (Å²) in [7, 11) is 0. The molecule has 0 spiro atoms. The summed E-state index contributed by atoms with van der Waals surface area (Å²) in [6.07, 6.45) is 3.51. The van der Waals surface area contributed by atoms with E-state index in [1.54, 1.807) is 11.4 Å². The number of hydrogen-bond acceptors (Lipinski definition) is 3. The SMILES string of the molecule is CCCCc1ccc([C@@H]([NH2+]CC(=O)Nc2sccc2C(N)=O)C(C)C)cc1. The van der Waals surface area contributed by atoms with Gasteiger partial charge in [-0.1, -0.05) is 51.5 Å². The topological polar surface area (TPSA) is 88.8 Å². The Morgan fingerprint density at radius 3 is 2.48 bits per heavy atom. The minimum absolute atomic E-state index is 0.134. The second kappa shape index (κ2) is 10.2. The summed E-state index contributed by atoms with van der Waals surface area (Å²) in [6, 6.07) is 10.6. The van der Waals surface area contributed by atoms with Crippen LogP contribution in [0.1, 0.15) is 61.1 Å². The average Bonchev–Trinajstić information content (AvgIpc) is 3.09. The molecular weight excluding hydrogens is 358 g/mol. The van der Waals surface area contributed by atoms with Crippen LogP contribution in [0.15, 0.2) is 35.7 Å². The number of amides is 2. The van der Waals surface area contributed by atoms with Crippen LogP contribution in [0.5, 0.6) is 0 Å². The van der Waals surface area contributed by atoms with Crippen molar-refractivity contribution >= 4 is 28.2 Å². The Balaban J connectivity index is 1.96. The fourth-order valence-electron chi connectivity index (χ4n) is 3.09. The first-order valence-electron chi connectivity index (χ1n) is 9.51. The monoisotopic (exact) mass is 388 g/mol. The van der Waals surface area contributed by atoms with Gasteiger partial charge in [-0.3, -0.25) is 9.59 Å². The Labute approximate surface area is 165 Å². The molecule has 27 heavy (non-hydrogen) atoms. The van der Waals surface area contributed by atoms with Crippen molar-refractivity contribution in [2.45, 2.75) is 46.1 Å².